The third kappa shape index (κ3) is 4.93. The molecule has 1 saturated heterocycles. The van der Waals surface area contributed by atoms with Crippen molar-refractivity contribution in [3.05, 3.63) is 12.5 Å². The number of nitrogens with zero attached hydrogens (tertiary/aromatic N) is 6. The Kier molecular flexibility index (Phi) is 7.82. The second-order valence-electron chi connectivity index (χ2n) is 6.23. The lowest BCUT2D eigenvalue weighted by Crippen LogP contribution is -2.37. The Morgan fingerprint density at radius 1 is 1.38 bits per heavy atom. The topological polar surface area (TPSA) is 109 Å². The smallest absolute Gasteiger partial charge is 0.188 e. The molecule has 144 valence electrons. The Morgan fingerprint density at radius 3 is 3.04 bits per heavy atom. The van der Waals surface area contributed by atoms with Crippen molar-refractivity contribution in [3.8, 4) is 0 Å². The van der Waals surface area contributed by atoms with Gasteiger partial charge in [0.1, 0.15) is 12.1 Å². The number of rotatable bonds is 7. The Balaban J connectivity index is 0.00000243. The van der Waals surface area contributed by atoms with E-state index in [1.165, 1.54) is 25.7 Å². The number of guanidine groups is 1. The largest absolute Gasteiger partial charge is 0.370 e. The molecule has 0 aliphatic carbocycles. The predicted molar refractivity (Wildman–Crippen MR) is 115 cm³/mol. The fourth-order valence-electron chi connectivity index (χ4n) is 3.25. The molecule has 4 N–H and O–H groups in total. The minimum absolute atomic E-state index is 0. The van der Waals surface area contributed by atoms with Crippen molar-refractivity contribution >= 4 is 46.8 Å². The van der Waals surface area contributed by atoms with Gasteiger partial charge in [0, 0.05) is 26.2 Å². The molecular weight excluding hydrogens is 445 g/mol. The first-order chi connectivity index (χ1) is 12.2. The van der Waals surface area contributed by atoms with Crippen LogP contribution in [0.25, 0.3) is 11.0 Å². The molecule has 0 spiro atoms. The Hall–Kier alpha value is -1.69. The minimum atomic E-state index is 0. The Morgan fingerprint density at radius 2 is 2.23 bits per heavy atom. The summed E-state index contributed by atoms with van der Waals surface area (Å²) in [6.07, 6.45) is 5.77. The van der Waals surface area contributed by atoms with Crippen LogP contribution < -0.4 is 16.4 Å². The van der Waals surface area contributed by atoms with E-state index in [9.17, 15) is 0 Å². The number of likely N-dealkylation sites (tertiary alicyclic amines) is 1. The average Bonchev–Trinajstić information content (AvgIpc) is 3.24. The van der Waals surface area contributed by atoms with Gasteiger partial charge >= 0.3 is 0 Å². The Labute approximate surface area is 170 Å². The van der Waals surface area contributed by atoms with Crippen molar-refractivity contribution < 1.29 is 0 Å². The van der Waals surface area contributed by atoms with Crippen molar-refractivity contribution in [1.82, 2.24) is 30.0 Å². The molecule has 26 heavy (non-hydrogen) atoms. The zero-order chi connectivity index (χ0) is 17.6. The van der Waals surface area contributed by atoms with Crippen LogP contribution in [-0.2, 0) is 7.05 Å². The van der Waals surface area contributed by atoms with Crippen molar-refractivity contribution in [2.45, 2.75) is 25.8 Å². The lowest BCUT2D eigenvalue weighted by molar-refractivity contribution is 0.273. The van der Waals surface area contributed by atoms with E-state index in [4.69, 9.17) is 5.73 Å². The summed E-state index contributed by atoms with van der Waals surface area (Å²) < 4.78 is 1.73. The van der Waals surface area contributed by atoms with Crippen LogP contribution in [0.15, 0.2) is 17.5 Å². The second-order valence-corrected chi connectivity index (χ2v) is 6.23. The van der Waals surface area contributed by atoms with Crippen LogP contribution in [0.5, 0.6) is 0 Å². The number of fused-ring (bicyclic) bond motifs is 1. The predicted octanol–water partition coefficient (Wildman–Crippen LogP) is 0.782. The summed E-state index contributed by atoms with van der Waals surface area (Å²) in [5, 5.41) is 11.5. The van der Waals surface area contributed by atoms with Gasteiger partial charge in [-0.15, -0.1) is 24.0 Å². The van der Waals surface area contributed by atoms with Gasteiger partial charge in [-0.1, -0.05) is 6.92 Å². The van der Waals surface area contributed by atoms with Crippen LogP contribution in [0.4, 0.5) is 5.82 Å². The van der Waals surface area contributed by atoms with E-state index < -0.39 is 0 Å². The molecule has 2 aromatic heterocycles. The van der Waals surface area contributed by atoms with Crippen molar-refractivity contribution in [2.24, 2.45) is 17.8 Å². The van der Waals surface area contributed by atoms with Gasteiger partial charge in [0.2, 0.25) is 0 Å². The van der Waals surface area contributed by atoms with Crippen LogP contribution in [0.3, 0.4) is 0 Å². The van der Waals surface area contributed by atoms with Crippen molar-refractivity contribution in [2.75, 3.05) is 38.0 Å². The minimum Gasteiger partial charge on any atom is -0.370 e. The van der Waals surface area contributed by atoms with Gasteiger partial charge in [0.25, 0.3) is 0 Å². The monoisotopic (exact) mass is 473 g/mol. The van der Waals surface area contributed by atoms with E-state index in [0.717, 1.165) is 29.9 Å². The maximum absolute atomic E-state index is 5.97. The van der Waals surface area contributed by atoms with Gasteiger partial charge < -0.3 is 16.4 Å². The maximum atomic E-state index is 5.97. The van der Waals surface area contributed by atoms with Crippen LogP contribution >= 0.6 is 24.0 Å². The van der Waals surface area contributed by atoms with Crippen molar-refractivity contribution in [1.29, 1.82) is 0 Å². The quantitative estimate of drug-likeness (QED) is 0.236. The summed E-state index contributed by atoms with van der Waals surface area (Å²) in [5.74, 6) is 1.28. The highest BCUT2D eigenvalue weighted by Gasteiger charge is 2.22. The molecule has 9 nitrogen and oxygen atoms in total. The highest BCUT2D eigenvalue weighted by molar-refractivity contribution is 14.0. The molecule has 0 amide bonds. The third-order valence-corrected chi connectivity index (χ3v) is 4.63. The normalized spacial score (nSPS) is 18.1. The first kappa shape index (κ1) is 20.6. The zero-order valence-corrected chi connectivity index (χ0v) is 17.7. The van der Waals surface area contributed by atoms with Gasteiger partial charge in [-0.05, 0) is 25.9 Å². The number of nitrogens with one attached hydrogen (secondary N) is 2. The lowest BCUT2D eigenvalue weighted by Gasteiger charge is -2.21. The number of aromatic nitrogens is 4. The van der Waals surface area contributed by atoms with Gasteiger partial charge in [0.05, 0.1) is 18.1 Å². The number of hydrogen-bond acceptors (Lipinski definition) is 6. The SMILES string of the molecule is CCN1CCCC1CN=C(N)NCCNc1ncnc2c1cnn2C.I. The Bertz CT molecular complexity index is 730. The molecule has 10 heteroatoms. The van der Waals surface area contributed by atoms with Gasteiger partial charge in [-0.3, -0.25) is 14.6 Å². The van der Waals surface area contributed by atoms with Crippen LogP contribution in [0.1, 0.15) is 19.8 Å². The molecule has 1 atom stereocenters. The molecule has 0 saturated carbocycles. The van der Waals surface area contributed by atoms with E-state index in [1.807, 2.05) is 7.05 Å². The average molecular weight is 473 g/mol. The van der Waals surface area contributed by atoms with Crippen molar-refractivity contribution in [3.63, 3.8) is 0 Å². The summed E-state index contributed by atoms with van der Waals surface area (Å²) in [7, 11) is 1.86. The fourth-order valence-corrected chi connectivity index (χ4v) is 3.25. The summed E-state index contributed by atoms with van der Waals surface area (Å²) in [6, 6.07) is 0.531. The molecule has 1 unspecified atom stereocenters. The molecule has 2 aromatic rings. The van der Waals surface area contributed by atoms with E-state index in [-0.39, 0.29) is 24.0 Å². The molecule has 1 fully saturated rings. The molecule has 1 aliphatic rings. The molecule has 0 radical (unpaired) electrons. The summed E-state index contributed by atoms with van der Waals surface area (Å²) in [6.45, 7) is 6.57. The molecule has 1 aliphatic heterocycles. The number of aliphatic imine (C=N–C) groups is 1. The number of likely N-dealkylation sites (N-methyl/N-ethyl adjacent to an activating group) is 1. The maximum Gasteiger partial charge on any atom is 0.188 e. The number of nitrogens with two attached hydrogens (primary N) is 1. The van der Waals surface area contributed by atoms with E-state index in [1.54, 1.807) is 10.9 Å². The van der Waals surface area contributed by atoms with E-state index in [2.05, 4.69) is 42.5 Å². The highest BCUT2D eigenvalue weighted by atomic mass is 127. The third-order valence-electron chi connectivity index (χ3n) is 4.63. The van der Waals surface area contributed by atoms with Gasteiger partial charge in [-0.25, -0.2) is 9.97 Å². The van der Waals surface area contributed by atoms with Gasteiger partial charge in [-0.2, -0.15) is 5.10 Å². The fraction of sp³-hybridized carbons (Fsp3) is 0.625. The second kappa shape index (κ2) is 9.86. The number of anilines is 1. The highest BCUT2D eigenvalue weighted by Crippen LogP contribution is 2.17. The summed E-state index contributed by atoms with van der Waals surface area (Å²) >= 11 is 0. The molecule has 0 aromatic carbocycles. The zero-order valence-electron chi connectivity index (χ0n) is 15.4. The van der Waals surface area contributed by atoms with Crippen LogP contribution in [-0.4, -0.2) is 69.4 Å². The number of aryl methyl sites for hydroxylation is 1. The van der Waals surface area contributed by atoms with Crippen LogP contribution in [0, 0.1) is 0 Å². The summed E-state index contributed by atoms with van der Waals surface area (Å²) in [5.41, 5.74) is 6.77. The number of halogens is 1. The van der Waals surface area contributed by atoms with E-state index in [0.29, 0.717) is 25.1 Å². The standard InChI is InChI=1S/C16H27N9.HI/c1-3-25-8-4-5-12(25)9-20-16(17)19-7-6-18-14-13-10-23-24(2)15(13)22-11-21-14;/h10-12H,3-9H2,1-2H3,(H3,17,19,20)(H,18,21,22);1H. The first-order valence-corrected chi connectivity index (χ1v) is 8.83. The number of hydrogen-bond donors (Lipinski definition) is 3. The van der Waals surface area contributed by atoms with Gasteiger partial charge in [0.15, 0.2) is 11.6 Å². The molecule has 3 heterocycles. The first-order valence-electron chi connectivity index (χ1n) is 8.83. The molecular formula is C16H28IN9. The van der Waals surface area contributed by atoms with E-state index >= 15 is 0 Å². The lowest BCUT2D eigenvalue weighted by atomic mass is 10.2. The van der Waals surface area contributed by atoms with Crippen LogP contribution in [0.2, 0.25) is 0 Å². The molecule has 3 rings (SSSR count). The molecule has 0 bridgehead atoms. The summed E-state index contributed by atoms with van der Waals surface area (Å²) in [4.78, 5) is 15.4.